The van der Waals surface area contributed by atoms with Gasteiger partial charge in [-0.25, -0.2) is 4.79 Å². The second-order valence-corrected chi connectivity index (χ2v) is 4.28. The number of nitrogens with two attached hydrogens (primary N) is 1. The summed E-state index contributed by atoms with van der Waals surface area (Å²) in [5.74, 6) is -0.523. The summed E-state index contributed by atoms with van der Waals surface area (Å²) in [7, 11) is 0. The van der Waals surface area contributed by atoms with Gasteiger partial charge in [0, 0.05) is 0 Å². The first kappa shape index (κ1) is 10.8. The Labute approximate surface area is 99.3 Å². The van der Waals surface area contributed by atoms with Gasteiger partial charge >= 0.3 is 5.69 Å². The molecule has 0 aliphatic rings. The molecule has 2 rings (SSSR count). The number of nitrogen functional groups attached to an aromatic ring is 1. The van der Waals surface area contributed by atoms with Gasteiger partial charge in [0.05, 0.1) is 10.6 Å². The van der Waals surface area contributed by atoms with Crippen molar-refractivity contribution >= 4 is 34.2 Å². The number of aromatic nitrogens is 2. The van der Waals surface area contributed by atoms with Crippen molar-refractivity contribution in [2.24, 2.45) is 0 Å². The van der Waals surface area contributed by atoms with E-state index >= 15 is 0 Å². The van der Waals surface area contributed by atoms with Crippen LogP contribution in [0.4, 0.5) is 5.13 Å². The largest absolute Gasteiger partial charge is 0.374 e. The summed E-state index contributed by atoms with van der Waals surface area (Å²) in [5.41, 5.74) is 4.89. The molecule has 0 aliphatic heterocycles. The molecule has 0 fully saturated rings. The van der Waals surface area contributed by atoms with Crippen LogP contribution in [-0.2, 0) is 0 Å². The average Bonchev–Trinajstić information content (AvgIpc) is 2.58. The maximum atomic E-state index is 11.9. The maximum absolute atomic E-state index is 11.9. The van der Waals surface area contributed by atoms with Gasteiger partial charge in [0.2, 0.25) is 5.13 Å². The third-order valence-electron chi connectivity index (χ3n) is 1.85. The van der Waals surface area contributed by atoms with Crippen molar-refractivity contribution in [3.8, 4) is 0 Å². The summed E-state index contributed by atoms with van der Waals surface area (Å²) >= 11 is 6.63. The zero-order chi connectivity index (χ0) is 11.7. The number of hydrogen-bond donors (Lipinski definition) is 1. The summed E-state index contributed by atoms with van der Waals surface area (Å²) in [6.45, 7) is 0. The normalized spacial score (nSPS) is 10.3. The zero-order valence-electron chi connectivity index (χ0n) is 7.88. The minimum Gasteiger partial charge on any atom is -0.374 e. The predicted molar refractivity (Wildman–Crippen MR) is 62.0 cm³/mol. The topological polar surface area (TPSA) is 78.0 Å². The smallest absolute Gasteiger partial charge is 0.367 e. The Morgan fingerprint density at radius 1 is 1.44 bits per heavy atom. The van der Waals surface area contributed by atoms with E-state index in [1.54, 1.807) is 18.2 Å². The number of carbonyl (C=O) groups is 1. The first-order chi connectivity index (χ1) is 7.59. The van der Waals surface area contributed by atoms with E-state index in [0.29, 0.717) is 0 Å². The van der Waals surface area contributed by atoms with E-state index in [4.69, 9.17) is 17.3 Å². The first-order valence-electron chi connectivity index (χ1n) is 4.24. The van der Waals surface area contributed by atoms with Crippen LogP contribution in [0.3, 0.4) is 0 Å². The van der Waals surface area contributed by atoms with Gasteiger partial charge in [-0.1, -0.05) is 23.7 Å². The van der Waals surface area contributed by atoms with Crippen LogP contribution in [0.1, 0.15) is 10.4 Å². The molecule has 0 spiro atoms. The Bertz CT molecular complexity index is 605. The molecule has 1 aromatic carbocycles. The molecule has 0 amide bonds. The third-order valence-corrected chi connectivity index (χ3v) is 2.97. The van der Waals surface area contributed by atoms with Crippen molar-refractivity contribution < 1.29 is 4.79 Å². The molecule has 0 atom stereocenters. The molecule has 16 heavy (non-hydrogen) atoms. The highest BCUT2D eigenvalue weighted by Gasteiger charge is 2.16. The molecule has 1 heterocycles. The van der Waals surface area contributed by atoms with Crippen LogP contribution in [0.25, 0.3) is 0 Å². The van der Waals surface area contributed by atoms with Crippen LogP contribution in [-0.4, -0.2) is 14.8 Å². The SMILES string of the molecule is Nc1nc(=O)n(C(=O)c2ccccc2Cl)s1. The van der Waals surface area contributed by atoms with Crippen LogP contribution in [0.5, 0.6) is 0 Å². The molecule has 1 aromatic heterocycles. The number of anilines is 1. The molecular weight excluding hydrogens is 250 g/mol. The van der Waals surface area contributed by atoms with E-state index in [9.17, 15) is 9.59 Å². The van der Waals surface area contributed by atoms with Crippen LogP contribution in [0.2, 0.25) is 5.02 Å². The molecule has 82 valence electrons. The summed E-state index contributed by atoms with van der Waals surface area (Å²) in [5, 5.41) is 0.330. The minimum atomic E-state index is -0.688. The second-order valence-electron chi connectivity index (χ2n) is 2.90. The highest BCUT2D eigenvalue weighted by atomic mass is 35.5. The molecule has 0 bridgehead atoms. The summed E-state index contributed by atoms with van der Waals surface area (Å²) in [6, 6.07) is 6.47. The highest BCUT2D eigenvalue weighted by molar-refractivity contribution is 7.11. The zero-order valence-corrected chi connectivity index (χ0v) is 9.46. The summed E-state index contributed by atoms with van der Waals surface area (Å²) in [6.07, 6.45) is 0. The number of hydrogen-bond acceptors (Lipinski definition) is 5. The van der Waals surface area contributed by atoms with E-state index in [1.165, 1.54) is 6.07 Å². The Morgan fingerprint density at radius 3 is 2.69 bits per heavy atom. The van der Waals surface area contributed by atoms with E-state index in [0.717, 1.165) is 15.5 Å². The quantitative estimate of drug-likeness (QED) is 0.831. The van der Waals surface area contributed by atoms with Gasteiger partial charge in [-0.3, -0.25) is 4.79 Å². The van der Waals surface area contributed by atoms with Gasteiger partial charge in [0.15, 0.2) is 0 Å². The number of benzene rings is 1. The lowest BCUT2D eigenvalue weighted by molar-refractivity contribution is 0.0968. The van der Waals surface area contributed by atoms with Gasteiger partial charge < -0.3 is 5.73 Å². The van der Waals surface area contributed by atoms with Gasteiger partial charge in [-0.05, 0) is 23.7 Å². The van der Waals surface area contributed by atoms with Gasteiger partial charge in [-0.2, -0.15) is 8.94 Å². The molecule has 0 aliphatic carbocycles. The Morgan fingerprint density at radius 2 is 2.12 bits per heavy atom. The molecule has 5 nitrogen and oxygen atoms in total. The lowest BCUT2D eigenvalue weighted by Gasteiger charge is -2.00. The maximum Gasteiger partial charge on any atom is 0.367 e. The Hall–Kier alpha value is -1.66. The number of halogens is 1. The second kappa shape index (κ2) is 4.07. The minimum absolute atomic E-state index is 0.0467. The lowest BCUT2D eigenvalue weighted by atomic mass is 10.2. The number of nitrogens with zero attached hydrogens (tertiary/aromatic N) is 2. The highest BCUT2D eigenvalue weighted by Crippen LogP contribution is 2.17. The van der Waals surface area contributed by atoms with Gasteiger partial charge in [0.1, 0.15) is 0 Å². The molecular formula is C9H6ClN3O2S. The van der Waals surface area contributed by atoms with Gasteiger partial charge in [-0.15, -0.1) is 0 Å². The van der Waals surface area contributed by atoms with Crippen molar-refractivity contribution in [1.29, 1.82) is 0 Å². The molecule has 2 N–H and O–H groups in total. The summed E-state index contributed by atoms with van der Waals surface area (Å²) in [4.78, 5) is 26.6. The van der Waals surface area contributed by atoms with Crippen LogP contribution in [0, 0.1) is 0 Å². The number of carbonyl (C=O) groups excluding carboxylic acids is 1. The van der Waals surface area contributed by atoms with Crippen LogP contribution < -0.4 is 11.4 Å². The number of rotatable bonds is 1. The molecule has 2 aromatic rings. The van der Waals surface area contributed by atoms with E-state index in [1.807, 2.05) is 0 Å². The predicted octanol–water partition coefficient (Wildman–Crippen LogP) is 1.23. The van der Waals surface area contributed by atoms with Gasteiger partial charge in [0.25, 0.3) is 5.91 Å². The lowest BCUT2D eigenvalue weighted by Crippen LogP contribution is -2.23. The molecule has 7 heteroatoms. The monoisotopic (exact) mass is 255 g/mol. The average molecular weight is 256 g/mol. The fraction of sp³-hybridized carbons (Fsp3) is 0. The van der Waals surface area contributed by atoms with Crippen LogP contribution in [0.15, 0.2) is 29.1 Å². The molecule has 0 saturated carbocycles. The third kappa shape index (κ3) is 1.84. The fourth-order valence-corrected chi connectivity index (χ4v) is 1.99. The van der Waals surface area contributed by atoms with Crippen molar-refractivity contribution in [3.05, 3.63) is 45.3 Å². The summed E-state index contributed by atoms with van der Waals surface area (Å²) < 4.78 is 0.872. The van der Waals surface area contributed by atoms with E-state index in [2.05, 4.69) is 4.98 Å². The Balaban J connectivity index is 2.52. The van der Waals surface area contributed by atoms with Crippen molar-refractivity contribution in [3.63, 3.8) is 0 Å². The molecule has 0 saturated heterocycles. The van der Waals surface area contributed by atoms with Crippen molar-refractivity contribution in [2.45, 2.75) is 0 Å². The van der Waals surface area contributed by atoms with E-state index < -0.39 is 11.6 Å². The van der Waals surface area contributed by atoms with Crippen molar-refractivity contribution in [2.75, 3.05) is 5.73 Å². The van der Waals surface area contributed by atoms with Crippen molar-refractivity contribution in [1.82, 2.24) is 8.94 Å². The van der Waals surface area contributed by atoms with E-state index in [-0.39, 0.29) is 15.7 Å². The van der Waals surface area contributed by atoms with Crippen LogP contribution >= 0.6 is 23.1 Å². The molecule has 0 radical (unpaired) electrons. The Kier molecular flexibility index (Phi) is 2.76. The fourth-order valence-electron chi connectivity index (χ4n) is 1.17. The molecule has 0 unspecified atom stereocenters. The first-order valence-corrected chi connectivity index (χ1v) is 5.40. The standard InChI is InChI=1S/C9H6ClN3O2S/c10-6-4-2-1-3-5(6)7(14)13-9(15)12-8(11)16-13/h1-4H,(H2,11,12,15).